The summed E-state index contributed by atoms with van der Waals surface area (Å²) in [6.45, 7) is 3.58. The normalized spacial score (nSPS) is 19.7. The van der Waals surface area contributed by atoms with Crippen molar-refractivity contribution in [1.29, 1.82) is 0 Å². The molecule has 18 heavy (non-hydrogen) atoms. The van der Waals surface area contributed by atoms with Gasteiger partial charge in [-0.2, -0.15) is 0 Å². The van der Waals surface area contributed by atoms with Crippen molar-refractivity contribution in [2.75, 3.05) is 13.2 Å². The second-order valence-corrected chi connectivity index (χ2v) is 3.80. The van der Waals surface area contributed by atoms with Crippen LogP contribution in [0.2, 0.25) is 0 Å². The molecule has 100 valence electrons. The fourth-order valence-electron chi connectivity index (χ4n) is 1.70. The van der Waals surface area contributed by atoms with Crippen LogP contribution in [-0.2, 0) is 23.9 Å². The predicted octanol–water partition coefficient (Wildman–Crippen LogP) is 0.904. The maximum Gasteiger partial charge on any atom is 0.337 e. The molecular formula is C12H16O6. The first kappa shape index (κ1) is 14.2. The van der Waals surface area contributed by atoms with Gasteiger partial charge in [0.05, 0.1) is 18.8 Å². The molecule has 0 aromatic heterocycles. The van der Waals surface area contributed by atoms with E-state index < -0.39 is 23.6 Å². The lowest BCUT2D eigenvalue weighted by Gasteiger charge is -2.20. The third-order valence-electron chi connectivity index (χ3n) is 2.58. The topological polar surface area (TPSA) is 89.9 Å². The molecule has 0 radical (unpaired) electrons. The summed E-state index contributed by atoms with van der Waals surface area (Å²) in [5.74, 6) is -3.12. The molecule has 0 aromatic rings. The SMILES string of the molecule is CCOC(=O)C1=C(O)C[C@@H](C(=O)OCC)C(=O)C1. The van der Waals surface area contributed by atoms with Gasteiger partial charge in [0.25, 0.3) is 0 Å². The van der Waals surface area contributed by atoms with Gasteiger partial charge in [0.1, 0.15) is 11.7 Å². The van der Waals surface area contributed by atoms with Crippen molar-refractivity contribution >= 4 is 17.7 Å². The predicted molar refractivity (Wildman–Crippen MR) is 60.7 cm³/mol. The van der Waals surface area contributed by atoms with Crippen LogP contribution < -0.4 is 0 Å². The summed E-state index contributed by atoms with van der Waals surface area (Å²) in [6, 6.07) is 0. The van der Waals surface area contributed by atoms with Crippen LogP contribution in [0.15, 0.2) is 11.3 Å². The van der Waals surface area contributed by atoms with Crippen LogP contribution in [0.5, 0.6) is 0 Å². The summed E-state index contributed by atoms with van der Waals surface area (Å²) in [7, 11) is 0. The summed E-state index contributed by atoms with van der Waals surface area (Å²) in [6.07, 6.45) is -0.500. The monoisotopic (exact) mass is 256 g/mol. The van der Waals surface area contributed by atoms with E-state index in [1.807, 2.05) is 0 Å². The van der Waals surface area contributed by atoms with Crippen LogP contribution in [0, 0.1) is 5.92 Å². The fraction of sp³-hybridized carbons (Fsp3) is 0.583. The zero-order valence-corrected chi connectivity index (χ0v) is 10.4. The van der Waals surface area contributed by atoms with Gasteiger partial charge in [0.15, 0.2) is 5.78 Å². The lowest BCUT2D eigenvalue weighted by molar-refractivity contribution is -0.153. The highest BCUT2D eigenvalue weighted by Gasteiger charge is 2.37. The van der Waals surface area contributed by atoms with Crippen molar-refractivity contribution in [3.8, 4) is 0 Å². The Morgan fingerprint density at radius 2 is 1.89 bits per heavy atom. The second-order valence-electron chi connectivity index (χ2n) is 3.80. The molecule has 6 heteroatoms. The van der Waals surface area contributed by atoms with Crippen molar-refractivity contribution in [2.24, 2.45) is 5.92 Å². The molecule has 0 amide bonds. The molecule has 0 spiro atoms. The zero-order chi connectivity index (χ0) is 13.7. The number of ether oxygens (including phenoxy) is 2. The first-order chi connectivity index (χ1) is 8.51. The first-order valence-electron chi connectivity index (χ1n) is 5.78. The molecule has 1 N–H and O–H groups in total. The van der Waals surface area contributed by atoms with E-state index in [9.17, 15) is 19.5 Å². The van der Waals surface area contributed by atoms with E-state index in [1.165, 1.54) is 0 Å². The Morgan fingerprint density at radius 3 is 2.44 bits per heavy atom. The Labute approximate surface area is 105 Å². The highest BCUT2D eigenvalue weighted by Crippen LogP contribution is 2.27. The Kier molecular flexibility index (Phi) is 4.88. The number of carbonyl (C=O) groups is 3. The van der Waals surface area contributed by atoms with Gasteiger partial charge in [-0.1, -0.05) is 0 Å². The van der Waals surface area contributed by atoms with Gasteiger partial charge in [-0.3, -0.25) is 9.59 Å². The summed E-state index contributed by atoms with van der Waals surface area (Å²) in [4.78, 5) is 34.6. The molecule has 0 aliphatic heterocycles. The zero-order valence-electron chi connectivity index (χ0n) is 10.4. The molecule has 0 bridgehead atoms. The second kappa shape index (κ2) is 6.18. The van der Waals surface area contributed by atoms with Crippen molar-refractivity contribution in [3.05, 3.63) is 11.3 Å². The van der Waals surface area contributed by atoms with E-state index >= 15 is 0 Å². The number of hydrogen-bond donors (Lipinski definition) is 1. The van der Waals surface area contributed by atoms with E-state index in [-0.39, 0.29) is 37.4 Å². The maximum absolute atomic E-state index is 11.7. The first-order valence-corrected chi connectivity index (χ1v) is 5.78. The molecular weight excluding hydrogens is 240 g/mol. The van der Waals surface area contributed by atoms with Gasteiger partial charge in [-0.05, 0) is 13.8 Å². The molecule has 0 unspecified atom stereocenters. The van der Waals surface area contributed by atoms with Crippen LogP contribution >= 0.6 is 0 Å². The minimum atomic E-state index is -1.02. The molecule has 1 atom stereocenters. The van der Waals surface area contributed by atoms with E-state index in [1.54, 1.807) is 13.8 Å². The van der Waals surface area contributed by atoms with Gasteiger partial charge in [-0.25, -0.2) is 4.79 Å². The van der Waals surface area contributed by atoms with Gasteiger partial charge >= 0.3 is 11.9 Å². The Balaban J connectivity index is 2.83. The molecule has 0 aromatic carbocycles. The summed E-state index contributed by atoms with van der Waals surface area (Å²) in [5.41, 5.74) is -0.0672. The lowest BCUT2D eigenvalue weighted by Crippen LogP contribution is -2.32. The van der Waals surface area contributed by atoms with E-state index in [2.05, 4.69) is 0 Å². The molecule has 1 aliphatic carbocycles. The highest BCUT2D eigenvalue weighted by atomic mass is 16.5. The molecule has 0 saturated carbocycles. The smallest absolute Gasteiger partial charge is 0.337 e. The van der Waals surface area contributed by atoms with Crippen molar-refractivity contribution in [2.45, 2.75) is 26.7 Å². The fourth-order valence-corrected chi connectivity index (χ4v) is 1.70. The van der Waals surface area contributed by atoms with Crippen molar-refractivity contribution < 1.29 is 29.0 Å². The number of carbonyl (C=O) groups excluding carboxylic acids is 3. The lowest BCUT2D eigenvalue weighted by atomic mass is 9.87. The molecule has 0 heterocycles. The van der Waals surface area contributed by atoms with Crippen molar-refractivity contribution in [1.82, 2.24) is 0 Å². The van der Waals surface area contributed by atoms with Gasteiger partial charge in [-0.15, -0.1) is 0 Å². The minimum absolute atomic E-state index is 0.0672. The number of rotatable bonds is 4. The minimum Gasteiger partial charge on any atom is -0.512 e. The van der Waals surface area contributed by atoms with Crippen LogP contribution in [0.3, 0.4) is 0 Å². The molecule has 0 fully saturated rings. The quantitative estimate of drug-likeness (QED) is 0.593. The van der Waals surface area contributed by atoms with Gasteiger partial charge < -0.3 is 14.6 Å². The van der Waals surface area contributed by atoms with Gasteiger partial charge in [0, 0.05) is 12.8 Å². The number of Topliss-reactive ketones (excluding diaryl/α,β-unsaturated/α-hetero) is 1. The van der Waals surface area contributed by atoms with Crippen LogP contribution in [0.25, 0.3) is 0 Å². The number of aliphatic hydroxyl groups excluding tert-OH is 1. The number of hydrogen-bond acceptors (Lipinski definition) is 6. The number of allylic oxidation sites excluding steroid dienone is 1. The molecule has 1 rings (SSSR count). The average Bonchev–Trinajstić information content (AvgIpc) is 2.32. The van der Waals surface area contributed by atoms with Crippen molar-refractivity contribution in [3.63, 3.8) is 0 Å². The van der Waals surface area contributed by atoms with Crippen LogP contribution in [0.4, 0.5) is 0 Å². The van der Waals surface area contributed by atoms with Crippen LogP contribution in [-0.4, -0.2) is 36.0 Å². The summed E-state index contributed by atoms with van der Waals surface area (Å²) >= 11 is 0. The third kappa shape index (κ3) is 3.09. The van der Waals surface area contributed by atoms with Crippen LogP contribution in [0.1, 0.15) is 26.7 Å². The molecule has 0 saturated heterocycles. The Morgan fingerprint density at radius 1 is 1.28 bits per heavy atom. The standard InChI is InChI=1S/C12H16O6/c1-3-17-11(15)7-5-10(14)8(6-9(7)13)12(16)18-4-2/h7,14H,3-6H2,1-2H3/t7-/m1/s1. The Bertz CT molecular complexity index is 395. The molecule has 6 nitrogen and oxygen atoms in total. The number of aliphatic hydroxyl groups is 1. The summed E-state index contributed by atoms with van der Waals surface area (Å²) in [5, 5.41) is 9.69. The van der Waals surface area contributed by atoms with E-state index in [4.69, 9.17) is 9.47 Å². The van der Waals surface area contributed by atoms with E-state index in [0.717, 1.165) is 0 Å². The highest BCUT2D eigenvalue weighted by molar-refractivity contribution is 6.06. The Hall–Kier alpha value is -1.85. The molecule has 1 aliphatic rings. The van der Waals surface area contributed by atoms with Gasteiger partial charge in [0.2, 0.25) is 0 Å². The summed E-state index contributed by atoms with van der Waals surface area (Å²) < 4.78 is 9.45. The number of esters is 2. The largest absolute Gasteiger partial charge is 0.512 e. The maximum atomic E-state index is 11.7. The van der Waals surface area contributed by atoms with E-state index in [0.29, 0.717) is 0 Å². The number of ketones is 1. The average molecular weight is 256 g/mol. The third-order valence-corrected chi connectivity index (χ3v) is 2.58.